The lowest BCUT2D eigenvalue weighted by atomic mass is 10.2. The van der Waals surface area contributed by atoms with E-state index < -0.39 is 10.0 Å². The standard InChI is InChI=1S/C14H16N2O3S2/c1-8-5-6-9(2)12(7-8)21(18,19)16-14-15-10(3)13(20-14)11(4)17/h5-7H,1-4H3,(H,15,16). The molecule has 0 aliphatic carbocycles. The number of nitrogens with zero attached hydrogens (tertiary/aromatic N) is 1. The molecule has 112 valence electrons. The van der Waals surface area contributed by atoms with Gasteiger partial charge in [0.1, 0.15) is 0 Å². The van der Waals surface area contributed by atoms with E-state index in [0.29, 0.717) is 16.1 Å². The number of aromatic nitrogens is 1. The van der Waals surface area contributed by atoms with E-state index in [4.69, 9.17) is 0 Å². The van der Waals surface area contributed by atoms with Crippen molar-refractivity contribution in [1.82, 2.24) is 4.98 Å². The minimum Gasteiger partial charge on any atom is -0.294 e. The van der Waals surface area contributed by atoms with Crippen LogP contribution in [0.15, 0.2) is 23.1 Å². The Morgan fingerprint density at radius 1 is 1.24 bits per heavy atom. The van der Waals surface area contributed by atoms with E-state index in [1.54, 1.807) is 26.0 Å². The number of rotatable bonds is 4. The van der Waals surface area contributed by atoms with Crippen LogP contribution >= 0.6 is 11.3 Å². The van der Waals surface area contributed by atoms with Gasteiger partial charge in [0.05, 0.1) is 15.5 Å². The first-order valence-corrected chi connectivity index (χ1v) is 8.59. The van der Waals surface area contributed by atoms with Crippen LogP contribution in [0.3, 0.4) is 0 Å². The maximum atomic E-state index is 12.4. The maximum absolute atomic E-state index is 12.4. The highest BCUT2D eigenvalue weighted by molar-refractivity contribution is 7.93. The number of thiazole rings is 1. The molecule has 1 aromatic heterocycles. The molecule has 7 heteroatoms. The maximum Gasteiger partial charge on any atom is 0.263 e. The second-order valence-electron chi connectivity index (χ2n) is 4.86. The summed E-state index contributed by atoms with van der Waals surface area (Å²) in [4.78, 5) is 16.2. The van der Waals surface area contributed by atoms with Gasteiger partial charge in [0.25, 0.3) is 10.0 Å². The molecule has 5 nitrogen and oxygen atoms in total. The first-order chi connectivity index (χ1) is 9.70. The van der Waals surface area contributed by atoms with Crippen LogP contribution in [0.4, 0.5) is 5.13 Å². The summed E-state index contributed by atoms with van der Waals surface area (Å²) in [7, 11) is -3.71. The Labute approximate surface area is 128 Å². The number of carbonyl (C=O) groups excluding carboxylic acids is 1. The van der Waals surface area contributed by atoms with E-state index in [-0.39, 0.29) is 15.8 Å². The van der Waals surface area contributed by atoms with E-state index in [1.165, 1.54) is 6.92 Å². The fourth-order valence-corrected chi connectivity index (χ4v) is 4.36. The lowest BCUT2D eigenvalue weighted by Gasteiger charge is -2.08. The lowest BCUT2D eigenvalue weighted by molar-refractivity contribution is 0.102. The second kappa shape index (κ2) is 5.57. The number of benzene rings is 1. The molecule has 0 radical (unpaired) electrons. The van der Waals surface area contributed by atoms with Crippen LogP contribution in [0.1, 0.15) is 33.4 Å². The van der Waals surface area contributed by atoms with E-state index >= 15 is 0 Å². The van der Waals surface area contributed by atoms with Gasteiger partial charge in [0, 0.05) is 6.92 Å². The molecular formula is C14H16N2O3S2. The van der Waals surface area contributed by atoms with Gasteiger partial charge in [0.15, 0.2) is 10.9 Å². The number of hydrogen-bond donors (Lipinski definition) is 1. The summed E-state index contributed by atoms with van der Waals surface area (Å²) >= 11 is 1.05. The van der Waals surface area contributed by atoms with Crippen molar-refractivity contribution < 1.29 is 13.2 Å². The molecule has 0 saturated carbocycles. The van der Waals surface area contributed by atoms with Gasteiger partial charge in [-0.05, 0) is 38.0 Å². The third kappa shape index (κ3) is 3.30. The predicted octanol–water partition coefficient (Wildman–Crippen LogP) is 3.07. The van der Waals surface area contributed by atoms with E-state index in [2.05, 4.69) is 9.71 Å². The van der Waals surface area contributed by atoms with Gasteiger partial charge < -0.3 is 0 Å². The van der Waals surface area contributed by atoms with Gasteiger partial charge in [0.2, 0.25) is 0 Å². The number of anilines is 1. The molecule has 1 heterocycles. The summed E-state index contributed by atoms with van der Waals surface area (Å²) in [6.07, 6.45) is 0. The van der Waals surface area contributed by atoms with Crippen molar-refractivity contribution in [2.24, 2.45) is 0 Å². The van der Waals surface area contributed by atoms with Crippen LogP contribution in [-0.4, -0.2) is 19.2 Å². The molecular weight excluding hydrogens is 308 g/mol. The minimum absolute atomic E-state index is 0.123. The van der Waals surface area contributed by atoms with Crippen molar-refractivity contribution in [3.8, 4) is 0 Å². The SMILES string of the molecule is CC(=O)c1sc(NS(=O)(=O)c2cc(C)ccc2C)nc1C. The van der Waals surface area contributed by atoms with Gasteiger partial charge in [-0.25, -0.2) is 13.4 Å². The van der Waals surface area contributed by atoms with E-state index in [0.717, 1.165) is 16.9 Å². The van der Waals surface area contributed by atoms with E-state index in [1.807, 2.05) is 13.0 Å². The molecule has 2 aromatic rings. The van der Waals surface area contributed by atoms with Gasteiger partial charge >= 0.3 is 0 Å². The first-order valence-electron chi connectivity index (χ1n) is 6.29. The first kappa shape index (κ1) is 15.7. The zero-order valence-corrected chi connectivity index (χ0v) is 13.9. The zero-order valence-electron chi connectivity index (χ0n) is 12.2. The number of carbonyl (C=O) groups is 1. The van der Waals surface area contributed by atoms with Crippen molar-refractivity contribution in [2.75, 3.05) is 4.72 Å². The smallest absolute Gasteiger partial charge is 0.263 e. The second-order valence-corrected chi connectivity index (χ2v) is 7.51. The summed E-state index contributed by atoms with van der Waals surface area (Å²) in [6.45, 7) is 6.69. The molecule has 0 aliphatic heterocycles. The molecule has 0 saturated heterocycles. The summed E-state index contributed by atoms with van der Waals surface area (Å²) in [5.74, 6) is -0.123. The minimum atomic E-state index is -3.71. The molecule has 2 rings (SSSR count). The number of Topliss-reactive ketones (excluding diaryl/α,β-unsaturated/α-hetero) is 1. The van der Waals surface area contributed by atoms with Crippen LogP contribution in [0.25, 0.3) is 0 Å². The summed E-state index contributed by atoms with van der Waals surface area (Å²) < 4.78 is 27.3. The quantitative estimate of drug-likeness (QED) is 0.877. The Kier molecular flexibility index (Phi) is 4.15. The lowest BCUT2D eigenvalue weighted by Crippen LogP contribution is -2.14. The van der Waals surface area contributed by atoms with Crippen LogP contribution < -0.4 is 4.72 Å². The normalized spacial score (nSPS) is 11.4. The molecule has 1 aromatic carbocycles. The zero-order chi connectivity index (χ0) is 15.8. The Hall–Kier alpha value is -1.73. The summed E-state index contributed by atoms with van der Waals surface area (Å²) in [6, 6.07) is 5.23. The van der Waals surface area contributed by atoms with Gasteiger partial charge in [-0.2, -0.15) is 0 Å². The molecule has 1 N–H and O–H groups in total. The van der Waals surface area contributed by atoms with Crippen LogP contribution in [0.2, 0.25) is 0 Å². The van der Waals surface area contributed by atoms with Crippen molar-refractivity contribution in [1.29, 1.82) is 0 Å². The fourth-order valence-electron chi connectivity index (χ4n) is 1.93. The van der Waals surface area contributed by atoms with Crippen LogP contribution in [0, 0.1) is 20.8 Å². The highest BCUT2D eigenvalue weighted by Gasteiger charge is 2.20. The summed E-state index contributed by atoms with van der Waals surface area (Å²) in [5.41, 5.74) is 2.06. The van der Waals surface area contributed by atoms with Crippen LogP contribution in [0.5, 0.6) is 0 Å². The van der Waals surface area contributed by atoms with Gasteiger partial charge in [-0.3, -0.25) is 9.52 Å². The molecule has 0 bridgehead atoms. The molecule has 0 aliphatic rings. The van der Waals surface area contributed by atoms with Crippen molar-refractivity contribution in [3.05, 3.63) is 39.9 Å². The Balaban J connectivity index is 2.40. The molecule has 0 spiro atoms. The highest BCUT2D eigenvalue weighted by atomic mass is 32.2. The van der Waals surface area contributed by atoms with Gasteiger partial charge in [-0.1, -0.05) is 23.5 Å². The predicted molar refractivity (Wildman–Crippen MR) is 83.6 cm³/mol. The molecule has 0 fully saturated rings. The average Bonchev–Trinajstić information content (AvgIpc) is 2.72. The third-order valence-electron chi connectivity index (χ3n) is 2.97. The highest BCUT2D eigenvalue weighted by Crippen LogP contribution is 2.26. The molecule has 0 amide bonds. The molecule has 0 unspecified atom stereocenters. The van der Waals surface area contributed by atoms with Gasteiger partial charge in [-0.15, -0.1) is 0 Å². The Bertz CT molecular complexity index is 808. The average molecular weight is 324 g/mol. The number of hydrogen-bond acceptors (Lipinski definition) is 5. The third-order valence-corrected chi connectivity index (χ3v) is 5.76. The largest absolute Gasteiger partial charge is 0.294 e. The fraction of sp³-hybridized carbons (Fsp3) is 0.286. The van der Waals surface area contributed by atoms with E-state index in [9.17, 15) is 13.2 Å². The Morgan fingerprint density at radius 2 is 1.90 bits per heavy atom. The van der Waals surface area contributed by atoms with Crippen molar-refractivity contribution >= 4 is 32.3 Å². The Morgan fingerprint density at radius 3 is 2.48 bits per heavy atom. The molecule has 0 atom stereocenters. The number of ketones is 1. The number of aryl methyl sites for hydroxylation is 3. The van der Waals surface area contributed by atoms with Crippen molar-refractivity contribution in [2.45, 2.75) is 32.6 Å². The molecule has 21 heavy (non-hydrogen) atoms. The summed E-state index contributed by atoms with van der Waals surface area (Å²) in [5, 5.41) is 0.207. The topological polar surface area (TPSA) is 76.1 Å². The number of sulfonamides is 1. The number of nitrogens with one attached hydrogen (secondary N) is 1. The monoisotopic (exact) mass is 324 g/mol. The van der Waals surface area contributed by atoms with Crippen molar-refractivity contribution in [3.63, 3.8) is 0 Å². The van der Waals surface area contributed by atoms with Crippen LogP contribution in [-0.2, 0) is 10.0 Å².